The molecular weight excluding hydrogens is 278 g/mol. The van der Waals surface area contributed by atoms with Crippen molar-refractivity contribution in [2.75, 3.05) is 20.1 Å². The summed E-state index contributed by atoms with van der Waals surface area (Å²) in [5.41, 5.74) is 6.64. The minimum absolute atomic E-state index is 0.218. The number of ether oxygens (including phenoxy) is 1. The van der Waals surface area contributed by atoms with E-state index in [1.54, 1.807) is 0 Å². The first-order chi connectivity index (χ1) is 10.3. The van der Waals surface area contributed by atoms with Crippen molar-refractivity contribution in [3.63, 3.8) is 0 Å². The number of nitrogens with one attached hydrogen (secondary N) is 1. The maximum atomic E-state index is 11.6. The highest BCUT2D eigenvalue weighted by Gasteiger charge is 2.17. The van der Waals surface area contributed by atoms with Crippen molar-refractivity contribution in [3.05, 3.63) is 35.9 Å². The lowest BCUT2D eigenvalue weighted by molar-refractivity contribution is 0.0522. The topological polar surface area (TPSA) is 67.6 Å². The number of nitrogens with two attached hydrogens (primary N) is 1. The molecule has 1 amide bonds. The summed E-state index contributed by atoms with van der Waals surface area (Å²) in [6.45, 7) is 7.50. The molecular formula is C17H29N3O2. The van der Waals surface area contributed by atoms with Gasteiger partial charge in [-0.1, -0.05) is 30.3 Å². The zero-order valence-electron chi connectivity index (χ0n) is 14.1. The number of likely N-dealkylation sites (N-methyl/N-ethyl adjacent to an activating group) is 1. The number of amides is 1. The van der Waals surface area contributed by atoms with Gasteiger partial charge in [0.15, 0.2) is 0 Å². The Balaban J connectivity index is 2.37. The number of carbonyl (C=O) groups excluding carboxylic acids is 1. The molecule has 3 N–H and O–H groups in total. The predicted octanol–water partition coefficient (Wildman–Crippen LogP) is 2.36. The van der Waals surface area contributed by atoms with E-state index in [1.165, 1.54) is 5.56 Å². The molecule has 0 bridgehead atoms. The normalized spacial score (nSPS) is 13.0. The summed E-state index contributed by atoms with van der Waals surface area (Å²) < 4.78 is 5.21. The summed E-state index contributed by atoms with van der Waals surface area (Å²) in [6.07, 6.45) is 0.410. The van der Waals surface area contributed by atoms with Crippen LogP contribution in [0, 0.1) is 0 Å². The highest BCUT2D eigenvalue weighted by molar-refractivity contribution is 5.67. The number of nitrogens with zero attached hydrogens (tertiary/aromatic N) is 1. The smallest absolute Gasteiger partial charge is 0.407 e. The maximum Gasteiger partial charge on any atom is 0.407 e. The first-order valence-electron chi connectivity index (χ1n) is 7.73. The summed E-state index contributed by atoms with van der Waals surface area (Å²) in [5.74, 6) is 0. The van der Waals surface area contributed by atoms with E-state index >= 15 is 0 Å². The SMILES string of the molecule is CN(Cc1ccccc1)C(CN)CCNC(=O)OC(C)(C)C. The van der Waals surface area contributed by atoms with Crippen LogP contribution in [0.3, 0.4) is 0 Å². The van der Waals surface area contributed by atoms with Gasteiger partial charge in [-0.05, 0) is 39.8 Å². The summed E-state index contributed by atoms with van der Waals surface area (Å²) in [7, 11) is 2.05. The van der Waals surface area contributed by atoms with Crippen LogP contribution in [-0.4, -0.2) is 42.8 Å². The van der Waals surface area contributed by atoms with Gasteiger partial charge in [-0.2, -0.15) is 0 Å². The second-order valence-corrected chi connectivity index (χ2v) is 6.51. The predicted molar refractivity (Wildman–Crippen MR) is 89.6 cm³/mol. The molecule has 0 aliphatic rings. The summed E-state index contributed by atoms with van der Waals surface area (Å²) in [5, 5.41) is 2.78. The highest BCUT2D eigenvalue weighted by atomic mass is 16.6. The second-order valence-electron chi connectivity index (χ2n) is 6.51. The van der Waals surface area contributed by atoms with Crippen LogP contribution in [0.5, 0.6) is 0 Å². The first kappa shape index (κ1) is 18.5. The van der Waals surface area contributed by atoms with Crippen molar-refractivity contribution in [3.8, 4) is 0 Å². The first-order valence-corrected chi connectivity index (χ1v) is 7.73. The molecule has 0 heterocycles. The molecule has 0 radical (unpaired) electrons. The fourth-order valence-electron chi connectivity index (χ4n) is 2.17. The number of benzene rings is 1. The average molecular weight is 307 g/mol. The van der Waals surface area contributed by atoms with Crippen molar-refractivity contribution in [1.29, 1.82) is 0 Å². The van der Waals surface area contributed by atoms with Crippen molar-refractivity contribution in [2.45, 2.75) is 45.4 Å². The van der Waals surface area contributed by atoms with E-state index in [9.17, 15) is 4.79 Å². The molecule has 5 nitrogen and oxygen atoms in total. The van der Waals surface area contributed by atoms with Gasteiger partial charge in [-0.25, -0.2) is 4.79 Å². The zero-order chi connectivity index (χ0) is 16.6. The fraction of sp³-hybridized carbons (Fsp3) is 0.588. The Morgan fingerprint density at radius 3 is 2.50 bits per heavy atom. The molecule has 124 valence electrons. The highest BCUT2D eigenvalue weighted by Crippen LogP contribution is 2.09. The van der Waals surface area contributed by atoms with Crippen LogP contribution in [0.4, 0.5) is 4.79 Å². The molecule has 1 rings (SSSR count). The minimum atomic E-state index is -0.471. The van der Waals surface area contributed by atoms with Crippen molar-refractivity contribution < 1.29 is 9.53 Å². The molecule has 22 heavy (non-hydrogen) atoms. The number of alkyl carbamates (subject to hydrolysis) is 1. The van der Waals surface area contributed by atoms with Crippen molar-refractivity contribution in [2.24, 2.45) is 5.73 Å². The van der Waals surface area contributed by atoms with Gasteiger partial charge in [0, 0.05) is 25.7 Å². The summed E-state index contributed by atoms with van der Waals surface area (Å²) in [4.78, 5) is 13.8. The van der Waals surface area contributed by atoms with Crippen LogP contribution in [-0.2, 0) is 11.3 Å². The van der Waals surface area contributed by atoms with Crippen LogP contribution in [0.25, 0.3) is 0 Å². The van der Waals surface area contributed by atoms with Crippen molar-refractivity contribution >= 4 is 6.09 Å². The average Bonchev–Trinajstić information content (AvgIpc) is 2.42. The fourth-order valence-corrected chi connectivity index (χ4v) is 2.17. The van der Waals surface area contributed by atoms with Crippen LogP contribution in [0.15, 0.2) is 30.3 Å². The molecule has 1 aromatic carbocycles. The number of hydrogen-bond acceptors (Lipinski definition) is 4. The van der Waals surface area contributed by atoms with Gasteiger partial charge in [0.05, 0.1) is 0 Å². The van der Waals surface area contributed by atoms with E-state index in [1.807, 2.05) is 39.0 Å². The lowest BCUT2D eigenvalue weighted by atomic mass is 10.1. The van der Waals surface area contributed by atoms with Gasteiger partial charge in [0.2, 0.25) is 0 Å². The van der Waals surface area contributed by atoms with Gasteiger partial charge in [0.25, 0.3) is 0 Å². The quantitative estimate of drug-likeness (QED) is 0.811. The molecule has 1 atom stereocenters. The van der Waals surface area contributed by atoms with Crippen LogP contribution in [0.2, 0.25) is 0 Å². The third-order valence-corrected chi connectivity index (χ3v) is 3.32. The maximum absolute atomic E-state index is 11.6. The Labute approximate surface area is 133 Å². The van der Waals surface area contributed by atoms with E-state index in [0.717, 1.165) is 13.0 Å². The lowest BCUT2D eigenvalue weighted by Crippen LogP contribution is -2.41. The Morgan fingerprint density at radius 1 is 1.32 bits per heavy atom. The molecule has 5 heteroatoms. The number of rotatable bonds is 7. The Hall–Kier alpha value is -1.59. The van der Waals surface area contributed by atoms with Crippen LogP contribution >= 0.6 is 0 Å². The van der Waals surface area contributed by atoms with E-state index in [0.29, 0.717) is 13.1 Å². The second kappa shape index (κ2) is 8.76. The Morgan fingerprint density at radius 2 is 1.95 bits per heavy atom. The van der Waals surface area contributed by atoms with E-state index < -0.39 is 5.60 Å². The summed E-state index contributed by atoms with van der Waals surface area (Å²) >= 11 is 0. The van der Waals surface area contributed by atoms with Gasteiger partial charge < -0.3 is 15.8 Å². The number of hydrogen-bond donors (Lipinski definition) is 2. The Kier molecular flexibility index (Phi) is 7.35. The van der Waals surface area contributed by atoms with Crippen LogP contribution in [0.1, 0.15) is 32.8 Å². The van der Waals surface area contributed by atoms with E-state index in [-0.39, 0.29) is 12.1 Å². The molecule has 0 aromatic heterocycles. The molecule has 0 spiro atoms. The van der Waals surface area contributed by atoms with Crippen LogP contribution < -0.4 is 11.1 Å². The molecule has 0 aliphatic heterocycles. The number of carbonyl (C=O) groups is 1. The monoisotopic (exact) mass is 307 g/mol. The molecule has 0 aliphatic carbocycles. The van der Waals surface area contributed by atoms with Gasteiger partial charge in [-0.15, -0.1) is 0 Å². The zero-order valence-corrected chi connectivity index (χ0v) is 14.1. The lowest BCUT2D eigenvalue weighted by Gasteiger charge is -2.27. The third-order valence-electron chi connectivity index (χ3n) is 3.32. The van der Waals surface area contributed by atoms with Gasteiger partial charge >= 0.3 is 6.09 Å². The third kappa shape index (κ3) is 7.43. The summed E-state index contributed by atoms with van der Waals surface area (Å²) in [6, 6.07) is 10.5. The van der Waals surface area contributed by atoms with E-state index in [2.05, 4.69) is 29.4 Å². The molecule has 0 saturated carbocycles. The van der Waals surface area contributed by atoms with Crippen molar-refractivity contribution in [1.82, 2.24) is 10.2 Å². The largest absolute Gasteiger partial charge is 0.444 e. The molecule has 0 fully saturated rings. The Bertz CT molecular complexity index is 443. The molecule has 0 saturated heterocycles. The van der Waals surface area contributed by atoms with Gasteiger partial charge in [0.1, 0.15) is 5.60 Å². The molecule has 1 aromatic rings. The molecule has 1 unspecified atom stereocenters. The van der Waals surface area contributed by atoms with E-state index in [4.69, 9.17) is 10.5 Å². The van der Waals surface area contributed by atoms with Gasteiger partial charge in [-0.3, -0.25) is 4.90 Å². The minimum Gasteiger partial charge on any atom is -0.444 e. The standard InChI is InChI=1S/C17H29N3O2/c1-17(2,3)22-16(21)19-11-10-15(12-18)20(4)13-14-8-6-5-7-9-14/h5-9,15H,10-13,18H2,1-4H3,(H,19,21).